The number of nitrogens with zero attached hydrogens (tertiary/aromatic N) is 2. The van der Waals surface area contributed by atoms with Gasteiger partial charge >= 0.3 is 5.97 Å². The molecule has 52 heavy (non-hydrogen) atoms. The van der Waals surface area contributed by atoms with Crippen molar-refractivity contribution in [1.82, 2.24) is 25.5 Å². The van der Waals surface area contributed by atoms with E-state index < -0.39 is 47.0 Å². The van der Waals surface area contributed by atoms with Gasteiger partial charge in [0.05, 0.1) is 17.8 Å². The maximum atomic E-state index is 13.3. The van der Waals surface area contributed by atoms with Crippen LogP contribution in [0.3, 0.4) is 0 Å². The van der Waals surface area contributed by atoms with Crippen molar-refractivity contribution >= 4 is 17.8 Å². The molecule has 1 aliphatic rings. The number of aliphatic carboxylic acids is 1. The molecule has 0 radical (unpaired) electrons. The third kappa shape index (κ3) is 9.14. The third-order valence-corrected chi connectivity index (χ3v) is 10.5. The van der Waals surface area contributed by atoms with E-state index in [1.54, 1.807) is 13.8 Å². The molecule has 0 aliphatic carbocycles. The zero-order valence-corrected chi connectivity index (χ0v) is 30.2. The molecule has 0 bridgehead atoms. The number of likely N-dealkylation sites (tertiary alicyclic amines) is 1. The van der Waals surface area contributed by atoms with Crippen molar-refractivity contribution in [2.45, 2.75) is 82.1 Å². The molecular formula is C41H51N5O6. The van der Waals surface area contributed by atoms with Gasteiger partial charge in [-0.2, -0.15) is 0 Å². The number of H-pyrrole nitrogens is 1. The molecule has 276 valence electrons. The second kappa shape index (κ2) is 17.1. The van der Waals surface area contributed by atoms with E-state index in [1.165, 1.54) is 19.4 Å². The van der Waals surface area contributed by atoms with E-state index in [-0.39, 0.29) is 12.3 Å². The highest BCUT2D eigenvalue weighted by molar-refractivity contribution is 5.93. The smallest absolute Gasteiger partial charge is 0.326 e. The summed E-state index contributed by atoms with van der Waals surface area (Å²) in [7, 11) is 0. The van der Waals surface area contributed by atoms with Crippen LogP contribution in [-0.4, -0.2) is 79.7 Å². The normalized spacial score (nSPS) is 16.1. The number of piperidine rings is 1. The molecule has 11 heteroatoms. The zero-order chi connectivity index (χ0) is 37.3. The number of hydrogen-bond acceptors (Lipinski definition) is 7. The molecule has 6 N–H and O–H groups in total. The number of imidazole rings is 1. The number of aromatic nitrogens is 2. The molecular weight excluding hydrogens is 658 g/mol. The summed E-state index contributed by atoms with van der Waals surface area (Å²) in [6, 6.07) is 25.0. The van der Waals surface area contributed by atoms with Crippen LogP contribution in [0, 0.1) is 5.92 Å². The third-order valence-electron chi connectivity index (χ3n) is 10.5. The molecule has 2 amide bonds. The van der Waals surface area contributed by atoms with Gasteiger partial charge in [-0.15, -0.1) is 0 Å². The first-order chi connectivity index (χ1) is 24.9. The maximum absolute atomic E-state index is 13.3. The first-order valence-corrected chi connectivity index (χ1v) is 18.0. The number of aliphatic hydroxyl groups is 2. The number of carboxylic acid groups (broad SMARTS) is 1. The maximum Gasteiger partial charge on any atom is 0.326 e. The Morgan fingerprint density at radius 2 is 1.50 bits per heavy atom. The van der Waals surface area contributed by atoms with Gasteiger partial charge in [-0.25, -0.2) is 9.78 Å². The molecule has 0 saturated carbocycles. The van der Waals surface area contributed by atoms with E-state index in [0.717, 1.165) is 55.6 Å². The molecule has 2 heterocycles. The molecule has 1 unspecified atom stereocenters. The van der Waals surface area contributed by atoms with Crippen LogP contribution in [0.25, 0.3) is 0 Å². The molecule has 5 rings (SSSR count). The van der Waals surface area contributed by atoms with Crippen molar-refractivity contribution in [2.75, 3.05) is 19.6 Å². The standard InChI is InChI=1S/C41H51N5O6/c1-28(37(48)45-35(38(49)50)25-34-26-42-27-43-34)44-39(51)40(2,3)30-18-16-29(17-19-30)36(47)15-10-22-46-23-20-33(21-24-46)41(52,31-11-6-4-7-12-31)32-13-8-5-9-14-32/h4-9,11-14,16-19,26-28,33,35-36,47,52H,10,15,20-25H2,1-3H3,(H,42,43)(H,44,51)(H,45,48)(H,49,50)/t28-,35-,36?/m0/s1. The summed E-state index contributed by atoms with van der Waals surface area (Å²) in [6.45, 7) is 7.61. The quantitative estimate of drug-likeness (QED) is 0.0992. The van der Waals surface area contributed by atoms with Gasteiger partial charge < -0.3 is 35.8 Å². The van der Waals surface area contributed by atoms with Gasteiger partial charge in [-0.05, 0) is 94.3 Å². The monoisotopic (exact) mass is 709 g/mol. The van der Waals surface area contributed by atoms with Crippen LogP contribution in [0.2, 0.25) is 0 Å². The molecule has 1 aliphatic heterocycles. The van der Waals surface area contributed by atoms with Crippen molar-refractivity contribution in [3.05, 3.63) is 125 Å². The van der Waals surface area contributed by atoms with Crippen LogP contribution >= 0.6 is 0 Å². The molecule has 1 saturated heterocycles. The summed E-state index contributed by atoms with van der Waals surface area (Å²) in [5.74, 6) is -2.11. The van der Waals surface area contributed by atoms with E-state index in [2.05, 4.69) is 25.5 Å². The van der Waals surface area contributed by atoms with Crippen molar-refractivity contribution in [3.8, 4) is 0 Å². The van der Waals surface area contributed by atoms with Crippen molar-refractivity contribution < 1.29 is 29.7 Å². The Labute approximate surface area is 305 Å². The predicted octanol–water partition coefficient (Wildman–Crippen LogP) is 4.47. The molecule has 1 aromatic heterocycles. The predicted molar refractivity (Wildman–Crippen MR) is 198 cm³/mol. The Hall–Kier alpha value is -4.84. The highest BCUT2D eigenvalue weighted by Crippen LogP contribution is 2.42. The fourth-order valence-corrected chi connectivity index (χ4v) is 7.08. The topological polar surface area (TPSA) is 168 Å². The summed E-state index contributed by atoms with van der Waals surface area (Å²) >= 11 is 0. The summed E-state index contributed by atoms with van der Waals surface area (Å²) in [5.41, 5.74) is 1.83. The van der Waals surface area contributed by atoms with Crippen LogP contribution in [0.5, 0.6) is 0 Å². The fraction of sp³-hybridized carbons (Fsp3) is 0.415. The number of amides is 2. The highest BCUT2D eigenvalue weighted by Gasteiger charge is 2.41. The van der Waals surface area contributed by atoms with Crippen molar-refractivity contribution in [3.63, 3.8) is 0 Å². The van der Waals surface area contributed by atoms with Crippen LogP contribution in [-0.2, 0) is 31.8 Å². The van der Waals surface area contributed by atoms with Gasteiger partial charge in [0.25, 0.3) is 0 Å². The number of aromatic amines is 1. The number of aliphatic hydroxyl groups excluding tert-OH is 1. The van der Waals surface area contributed by atoms with Crippen LogP contribution in [0.15, 0.2) is 97.5 Å². The molecule has 3 atom stereocenters. The number of carbonyl (C=O) groups excluding carboxylic acids is 2. The van der Waals surface area contributed by atoms with Crippen molar-refractivity contribution in [2.24, 2.45) is 5.92 Å². The summed E-state index contributed by atoms with van der Waals surface area (Å²) in [6.07, 6.45) is 5.43. The Morgan fingerprint density at radius 1 is 0.904 bits per heavy atom. The first kappa shape index (κ1) is 38.4. The van der Waals surface area contributed by atoms with Gasteiger partial charge in [0.1, 0.15) is 17.7 Å². The largest absolute Gasteiger partial charge is 0.480 e. The zero-order valence-electron chi connectivity index (χ0n) is 30.2. The Morgan fingerprint density at radius 3 is 2.04 bits per heavy atom. The number of hydrogen-bond donors (Lipinski definition) is 6. The van der Waals surface area contributed by atoms with Gasteiger partial charge in [-0.3, -0.25) is 9.59 Å². The van der Waals surface area contributed by atoms with E-state index in [4.69, 9.17) is 0 Å². The van der Waals surface area contributed by atoms with Gasteiger partial charge in [-0.1, -0.05) is 84.9 Å². The van der Waals surface area contributed by atoms with E-state index in [9.17, 15) is 29.7 Å². The number of carboxylic acids is 1. The Bertz CT molecular complexity index is 1700. The lowest BCUT2D eigenvalue weighted by atomic mass is 9.72. The minimum atomic E-state index is -1.19. The summed E-state index contributed by atoms with van der Waals surface area (Å²) in [5, 5.41) is 37.9. The van der Waals surface area contributed by atoms with Crippen LogP contribution in [0.1, 0.15) is 80.5 Å². The lowest BCUT2D eigenvalue weighted by Gasteiger charge is -2.42. The minimum Gasteiger partial charge on any atom is -0.480 e. The molecule has 11 nitrogen and oxygen atoms in total. The number of rotatable bonds is 16. The number of carbonyl (C=O) groups is 3. The lowest BCUT2D eigenvalue weighted by molar-refractivity contribution is -0.142. The lowest BCUT2D eigenvalue weighted by Crippen LogP contribution is -2.53. The van der Waals surface area contributed by atoms with Gasteiger partial charge in [0, 0.05) is 18.3 Å². The van der Waals surface area contributed by atoms with Gasteiger partial charge in [0.15, 0.2) is 0 Å². The Kier molecular flexibility index (Phi) is 12.6. The first-order valence-electron chi connectivity index (χ1n) is 18.0. The second-order valence-corrected chi connectivity index (χ2v) is 14.4. The second-order valence-electron chi connectivity index (χ2n) is 14.4. The van der Waals surface area contributed by atoms with E-state index in [0.29, 0.717) is 17.7 Å². The van der Waals surface area contributed by atoms with E-state index >= 15 is 0 Å². The number of nitrogens with one attached hydrogen (secondary N) is 3. The fourth-order valence-electron chi connectivity index (χ4n) is 7.08. The SMILES string of the molecule is C[C@H](NC(=O)C(C)(C)c1ccc(C(O)CCCN2CCC(C(O)(c3ccccc3)c3ccccc3)CC2)cc1)C(=O)N[C@@H](Cc1cnc[nH]1)C(=O)O. The van der Waals surface area contributed by atoms with Crippen molar-refractivity contribution in [1.29, 1.82) is 0 Å². The molecule has 1 fully saturated rings. The van der Waals surface area contributed by atoms with E-state index in [1.807, 2.05) is 84.9 Å². The average Bonchev–Trinajstić information content (AvgIpc) is 3.68. The molecule has 4 aromatic rings. The summed E-state index contributed by atoms with van der Waals surface area (Å²) in [4.78, 5) is 46.9. The van der Waals surface area contributed by atoms with Crippen LogP contribution < -0.4 is 10.6 Å². The van der Waals surface area contributed by atoms with Gasteiger partial charge in [0.2, 0.25) is 11.8 Å². The average molecular weight is 710 g/mol. The summed E-state index contributed by atoms with van der Waals surface area (Å²) < 4.78 is 0. The molecule has 3 aromatic carbocycles. The molecule has 0 spiro atoms. The number of benzene rings is 3. The highest BCUT2D eigenvalue weighted by atomic mass is 16.4. The van der Waals surface area contributed by atoms with Crippen LogP contribution in [0.4, 0.5) is 0 Å². The Balaban J connectivity index is 1.09. The minimum absolute atomic E-state index is 0.0275.